The maximum absolute atomic E-state index is 13.1. The molecule has 0 aromatic carbocycles. The molecule has 3 nitrogen and oxygen atoms in total. The van der Waals surface area contributed by atoms with Crippen LogP contribution in [0.3, 0.4) is 0 Å². The molecule has 0 amide bonds. The summed E-state index contributed by atoms with van der Waals surface area (Å²) in [5, 5.41) is 11.7. The van der Waals surface area contributed by atoms with Crippen LogP contribution in [0.4, 0.5) is 13.2 Å². The Morgan fingerprint density at radius 3 is 2.15 bits per heavy atom. The highest BCUT2D eigenvalue weighted by Crippen LogP contribution is 2.13. The molecule has 78 valence electrons. The van der Waals surface area contributed by atoms with Gasteiger partial charge in [-0.3, -0.25) is 4.90 Å². The molecule has 1 heterocycles. The summed E-state index contributed by atoms with van der Waals surface area (Å²) in [4.78, 5) is 1.22. The number of aliphatic hydroxyl groups is 1. The highest BCUT2D eigenvalue weighted by Gasteiger charge is 2.32. The van der Waals surface area contributed by atoms with Gasteiger partial charge in [0.05, 0.1) is 0 Å². The first-order valence-electron chi connectivity index (χ1n) is 4.18. The molecule has 2 N–H and O–H groups in total. The smallest absolute Gasteiger partial charge is 0.268 e. The number of aliphatic hydroxyl groups excluding tert-OH is 1. The molecule has 2 unspecified atom stereocenters. The molecular formula is C7H13F3N2O. The molecule has 0 spiro atoms. The molecule has 1 saturated heterocycles. The average molecular weight is 198 g/mol. The Labute approximate surface area is 74.5 Å². The summed E-state index contributed by atoms with van der Waals surface area (Å²) in [6, 6.07) is 0. The predicted molar refractivity (Wildman–Crippen MR) is 41.3 cm³/mol. The van der Waals surface area contributed by atoms with Crippen molar-refractivity contribution < 1.29 is 18.3 Å². The molecular weight excluding hydrogens is 185 g/mol. The van der Waals surface area contributed by atoms with Crippen LogP contribution in [0.5, 0.6) is 0 Å². The Hall–Kier alpha value is -0.330. The second kappa shape index (κ2) is 4.78. The van der Waals surface area contributed by atoms with Crippen molar-refractivity contribution in [1.82, 2.24) is 10.2 Å². The molecule has 1 aliphatic rings. The van der Waals surface area contributed by atoms with E-state index in [0.717, 1.165) is 0 Å². The third-order valence-corrected chi connectivity index (χ3v) is 2.04. The first kappa shape index (κ1) is 10.7. The van der Waals surface area contributed by atoms with Crippen LogP contribution in [0, 0.1) is 0 Å². The highest BCUT2D eigenvalue weighted by molar-refractivity contribution is 4.76. The van der Waals surface area contributed by atoms with E-state index in [4.69, 9.17) is 5.11 Å². The fraction of sp³-hybridized carbons (Fsp3) is 1.00. The second-order valence-corrected chi connectivity index (χ2v) is 2.98. The molecule has 0 radical (unpaired) electrons. The monoisotopic (exact) mass is 198 g/mol. The summed E-state index contributed by atoms with van der Waals surface area (Å²) in [7, 11) is 0. The van der Waals surface area contributed by atoms with Crippen LogP contribution in [-0.2, 0) is 0 Å². The van der Waals surface area contributed by atoms with Crippen molar-refractivity contribution >= 4 is 0 Å². The van der Waals surface area contributed by atoms with Crippen LogP contribution in [0.1, 0.15) is 0 Å². The number of rotatable bonds is 3. The lowest BCUT2D eigenvalue weighted by atomic mass is 10.2. The largest absolute Gasteiger partial charge is 0.383 e. The van der Waals surface area contributed by atoms with Crippen molar-refractivity contribution in [2.24, 2.45) is 0 Å². The summed E-state index contributed by atoms with van der Waals surface area (Å²) >= 11 is 0. The molecule has 2 atom stereocenters. The van der Waals surface area contributed by atoms with Gasteiger partial charge in [0, 0.05) is 26.2 Å². The molecule has 1 fully saturated rings. The third-order valence-electron chi connectivity index (χ3n) is 2.04. The number of nitrogens with one attached hydrogen (secondary N) is 1. The van der Waals surface area contributed by atoms with Crippen molar-refractivity contribution in [3.8, 4) is 0 Å². The van der Waals surface area contributed by atoms with Gasteiger partial charge >= 0.3 is 0 Å². The number of hydrogen-bond donors (Lipinski definition) is 2. The number of hydrogen-bond acceptors (Lipinski definition) is 3. The first-order chi connectivity index (χ1) is 6.13. The van der Waals surface area contributed by atoms with Gasteiger partial charge in [-0.25, -0.2) is 13.2 Å². The fourth-order valence-corrected chi connectivity index (χ4v) is 1.26. The van der Waals surface area contributed by atoms with Crippen LogP contribution < -0.4 is 5.32 Å². The topological polar surface area (TPSA) is 35.5 Å². The van der Waals surface area contributed by atoms with E-state index in [0.29, 0.717) is 26.2 Å². The van der Waals surface area contributed by atoms with Crippen LogP contribution in [0.15, 0.2) is 0 Å². The van der Waals surface area contributed by atoms with Gasteiger partial charge in [-0.1, -0.05) is 0 Å². The number of halogens is 3. The van der Waals surface area contributed by atoms with Crippen molar-refractivity contribution in [2.45, 2.75) is 18.8 Å². The zero-order chi connectivity index (χ0) is 9.84. The average Bonchev–Trinajstić information content (AvgIpc) is 2.17. The zero-order valence-corrected chi connectivity index (χ0v) is 7.09. The Kier molecular flexibility index (Phi) is 3.95. The van der Waals surface area contributed by atoms with Gasteiger partial charge < -0.3 is 10.4 Å². The first-order valence-corrected chi connectivity index (χ1v) is 4.18. The molecule has 0 aliphatic carbocycles. The fourth-order valence-electron chi connectivity index (χ4n) is 1.26. The van der Waals surface area contributed by atoms with E-state index in [1.165, 1.54) is 4.90 Å². The quantitative estimate of drug-likeness (QED) is 0.617. The van der Waals surface area contributed by atoms with E-state index in [1.807, 2.05) is 0 Å². The van der Waals surface area contributed by atoms with Crippen molar-refractivity contribution in [3.63, 3.8) is 0 Å². The van der Waals surface area contributed by atoms with Gasteiger partial charge in [-0.2, -0.15) is 0 Å². The Balaban J connectivity index is 2.40. The van der Waals surface area contributed by atoms with E-state index >= 15 is 0 Å². The number of alkyl halides is 3. The van der Waals surface area contributed by atoms with Gasteiger partial charge in [-0.05, 0) is 0 Å². The SMILES string of the molecule is OC(C(F)F)C(F)N1CCNCC1. The third kappa shape index (κ3) is 2.82. The van der Waals surface area contributed by atoms with Crippen LogP contribution in [0.25, 0.3) is 0 Å². The van der Waals surface area contributed by atoms with E-state index < -0.39 is 18.8 Å². The maximum Gasteiger partial charge on any atom is 0.268 e. The minimum absolute atomic E-state index is 0.352. The van der Waals surface area contributed by atoms with E-state index in [9.17, 15) is 13.2 Å². The summed E-state index contributed by atoms with van der Waals surface area (Å²) in [6.45, 7) is 1.84. The number of nitrogens with zero attached hydrogens (tertiary/aromatic N) is 1. The Bertz CT molecular complexity index is 153. The van der Waals surface area contributed by atoms with Crippen molar-refractivity contribution in [2.75, 3.05) is 26.2 Å². The molecule has 6 heteroatoms. The lowest BCUT2D eigenvalue weighted by Crippen LogP contribution is -2.52. The normalized spacial score (nSPS) is 24.7. The minimum atomic E-state index is -3.02. The minimum Gasteiger partial charge on any atom is -0.383 e. The van der Waals surface area contributed by atoms with Gasteiger partial charge in [0.1, 0.15) is 0 Å². The molecule has 0 aromatic heterocycles. The summed E-state index contributed by atoms with van der Waals surface area (Å²) < 4.78 is 36.9. The molecule has 13 heavy (non-hydrogen) atoms. The van der Waals surface area contributed by atoms with Gasteiger partial charge in [-0.15, -0.1) is 0 Å². The van der Waals surface area contributed by atoms with Crippen LogP contribution in [-0.4, -0.2) is 55.0 Å². The van der Waals surface area contributed by atoms with E-state index in [2.05, 4.69) is 5.32 Å². The predicted octanol–water partition coefficient (Wildman–Crippen LogP) is -0.187. The molecule has 0 aromatic rings. The summed E-state index contributed by atoms with van der Waals surface area (Å²) in [5.74, 6) is 0. The standard InChI is InChI=1S/C7H13F3N2O/c8-6(9)5(13)7(10)12-3-1-11-2-4-12/h5-7,11,13H,1-4H2. The van der Waals surface area contributed by atoms with E-state index in [1.54, 1.807) is 0 Å². The van der Waals surface area contributed by atoms with Crippen molar-refractivity contribution in [1.29, 1.82) is 0 Å². The van der Waals surface area contributed by atoms with Crippen molar-refractivity contribution in [3.05, 3.63) is 0 Å². The van der Waals surface area contributed by atoms with Gasteiger partial charge in [0.15, 0.2) is 12.4 Å². The highest BCUT2D eigenvalue weighted by atomic mass is 19.3. The molecule has 0 bridgehead atoms. The van der Waals surface area contributed by atoms with Gasteiger partial charge in [0.25, 0.3) is 6.43 Å². The Morgan fingerprint density at radius 2 is 1.69 bits per heavy atom. The summed E-state index contributed by atoms with van der Waals surface area (Å²) in [5.41, 5.74) is 0. The summed E-state index contributed by atoms with van der Waals surface area (Å²) in [6.07, 6.45) is -7.18. The van der Waals surface area contributed by atoms with Crippen LogP contribution >= 0.6 is 0 Å². The maximum atomic E-state index is 13.1. The Morgan fingerprint density at radius 1 is 1.15 bits per heavy atom. The zero-order valence-electron chi connectivity index (χ0n) is 7.09. The lowest BCUT2D eigenvalue weighted by molar-refractivity contribution is -0.103. The van der Waals surface area contributed by atoms with E-state index in [-0.39, 0.29) is 0 Å². The molecule has 0 saturated carbocycles. The molecule has 1 rings (SSSR count). The van der Waals surface area contributed by atoms with Crippen LogP contribution in [0.2, 0.25) is 0 Å². The lowest BCUT2D eigenvalue weighted by Gasteiger charge is -2.32. The second-order valence-electron chi connectivity index (χ2n) is 2.98. The number of piperazine rings is 1. The van der Waals surface area contributed by atoms with Gasteiger partial charge in [0.2, 0.25) is 0 Å². The molecule has 1 aliphatic heterocycles.